The van der Waals surface area contributed by atoms with Crippen LogP contribution in [-0.2, 0) is 16.1 Å². The van der Waals surface area contributed by atoms with E-state index in [-0.39, 0.29) is 12.1 Å². The van der Waals surface area contributed by atoms with Crippen molar-refractivity contribution in [3.8, 4) is 5.75 Å². The molecular weight excluding hydrogens is 282 g/mol. The minimum atomic E-state index is -0.529. The zero-order chi connectivity index (χ0) is 16.2. The van der Waals surface area contributed by atoms with Crippen LogP contribution in [-0.4, -0.2) is 29.1 Å². The van der Waals surface area contributed by atoms with Gasteiger partial charge in [-0.1, -0.05) is 18.2 Å². The molecule has 0 N–H and O–H groups in total. The Morgan fingerprint density at radius 3 is 2.68 bits per heavy atom. The number of esters is 1. The van der Waals surface area contributed by atoms with Crippen LogP contribution in [0.3, 0.4) is 0 Å². The molecule has 1 aromatic rings. The average molecular weight is 305 g/mol. The predicted octanol–water partition coefficient (Wildman–Crippen LogP) is 3.51. The molecule has 1 aromatic carbocycles. The first kappa shape index (κ1) is 16.3. The number of hydrogen-bond acceptors (Lipinski definition) is 4. The van der Waals surface area contributed by atoms with E-state index in [4.69, 9.17) is 9.47 Å². The molecule has 0 bridgehead atoms. The van der Waals surface area contributed by atoms with Crippen LogP contribution >= 0.6 is 0 Å². The fourth-order valence-electron chi connectivity index (χ4n) is 2.25. The summed E-state index contributed by atoms with van der Waals surface area (Å²) in [5.74, 6) is 0.293. The van der Waals surface area contributed by atoms with E-state index in [0.717, 1.165) is 12.0 Å². The van der Waals surface area contributed by atoms with Gasteiger partial charge >= 0.3 is 12.1 Å². The van der Waals surface area contributed by atoms with E-state index < -0.39 is 5.60 Å². The molecule has 0 aliphatic carbocycles. The zero-order valence-corrected chi connectivity index (χ0v) is 13.4. The molecule has 0 atom stereocenters. The maximum absolute atomic E-state index is 12.3. The molecule has 1 aliphatic rings. The summed E-state index contributed by atoms with van der Waals surface area (Å²) >= 11 is 0. The summed E-state index contributed by atoms with van der Waals surface area (Å²) in [7, 11) is 0. The van der Waals surface area contributed by atoms with E-state index >= 15 is 0 Å². The third kappa shape index (κ3) is 4.76. The predicted molar refractivity (Wildman–Crippen MR) is 82.6 cm³/mol. The van der Waals surface area contributed by atoms with Crippen LogP contribution in [0, 0.1) is 0 Å². The second-order valence-corrected chi connectivity index (χ2v) is 6.44. The van der Waals surface area contributed by atoms with Crippen molar-refractivity contribution in [2.75, 3.05) is 6.54 Å². The van der Waals surface area contributed by atoms with Gasteiger partial charge in [-0.15, -0.1) is 0 Å². The van der Waals surface area contributed by atoms with Crippen molar-refractivity contribution < 1.29 is 19.1 Å². The zero-order valence-electron chi connectivity index (χ0n) is 13.4. The van der Waals surface area contributed by atoms with Gasteiger partial charge in [0.05, 0.1) is 6.54 Å². The van der Waals surface area contributed by atoms with E-state index in [1.165, 1.54) is 0 Å². The number of benzene rings is 1. The SMILES string of the molecule is CC(C)(C)OC(=O)N1CCCCC(=O)Oc2ccccc2C1. The molecule has 1 amide bonds. The average Bonchev–Trinajstić information content (AvgIpc) is 2.42. The quantitative estimate of drug-likeness (QED) is 0.543. The first-order chi connectivity index (χ1) is 10.3. The Kier molecular flexibility index (Phi) is 5.06. The third-order valence-electron chi connectivity index (χ3n) is 3.27. The molecule has 5 nitrogen and oxygen atoms in total. The van der Waals surface area contributed by atoms with E-state index in [1.54, 1.807) is 11.0 Å². The molecule has 0 fully saturated rings. The Morgan fingerprint density at radius 1 is 1.23 bits per heavy atom. The summed E-state index contributed by atoms with van der Waals surface area (Å²) < 4.78 is 10.8. The van der Waals surface area contributed by atoms with Gasteiger partial charge in [-0.3, -0.25) is 4.79 Å². The molecule has 0 saturated carbocycles. The first-order valence-corrected chi connectivity index (χ1v) is 7.62. The number of ether oxygens (including phenoxy) is 2. The smallest absolute Gasteiger partial charge is 0.410 e. The number of para-hydroxylation sites is 1. The topological polar surface area (TPSA) is 55.8 Å². The third-order valence-corrected chi connectivity index (χ3v) is 3.27. The highest BCUT2D eigenvalue weighted by atomic mass is 16.6. The summed E-state index contributed by atoms with van der Waals surface area (Å²) in [4.78, 5) is 25.8. The molecule has 5 heteroatoms. The number of hydrogen-bond donors (Lipinski definition) is 0. The van der Waals surface area contributed by atoms with Gasteiger partial charge in [-0.25, -0.2) is 4.79 Å². The summed E-state index contributed by atoms with van der Waals surface area (Å²) in [6.45, 7) is 6.49. The number of rotatable bonds is 0. The summed E-state index contributed by atoms with van der Waals surface area (Å²) in [6.07, 6.45) is 1.46. The summed E-state index contributed by atoms with van der Waals surface area (Å²) in [6, 6.07) is 7.30. The molecule has 0 unspecified atom stereocenters. The second-order valence-electron chi connectivity index (χ2n) is 6.44. The normalized spacial score (nSPS) is 16.5. The van der Waals surface area contributed by atoms with Crippen molar-refractivity contribution >= 4 is 12.1 Å². The van der Waals surface area contributed by atoms with Gasteiger partial charge < -0.3 is 14.4 Å². The number of carbonyl (C=O) groups is 2. The van der Waals surface area contributed by atoms with Crippen LogP contribution in [0.2, 0.25) is 0 Å². The number of amides is 1. The van der Waals surface area contributed by atoms with Gasteiger partial charge in [-0.05, 0) is 39.7 Å². The molecular formula is C17H23NO4. The second kappa shape index (κ2) is 6.81. The lowest BCUT2D eigenvalue weighted by atomic mass is 10.1. The van der Waals surface area contributed by atoms with E-state index in [1.807, 2.05) is 39.0 Å². The van der Waals surface area contributed by atoms with Crippen LogP contribution in [0.5, 0.6) is 5.75 Å². The van der Waals surface area contributed by atoms with Crippen molar-refractivity contribution in [2.45, 2.75) is 52.2 Å². The standard InChI is InChI=1S/C17H23NO4/c1-17(2,3)22-16(20)18-11-7-6-10-15(19)21-14-9-5-4-8-13(14)12-18/h4-5,8-9H,6-7,10-12H2,1-3H3. The molecule has 22 heavy (non-hydrogen) atoms. The van der Waals surface area contributed by atoms with Crippen molar-refractivity contribution in [3.63, 3.8) is 0 Å². The van der Waals surface area contributed by atoms with E-state index in [9.17, 15) is 9.59 Å². The molecule has 2 rings (SSSR count). The van der Waals surface area contributed by atoms with Crippen LogP contribution in [0.1, 0.15) is 45.6 Å². The maximum Gasteiger partial charge on any atom is 0.410 e. The lowest BCUT2D eigenvalue weighted by Crippen LogP contribution is -2.37. The molecule has 1 heterocycles. The maximum atomic E-state index is 12.3. The highest BCUT2D eigenvalue weighted by Crippen LogP contribution is 2.23. The molecule has 0 aromatic heterocycles. The Labute approximate surface area is 131 Å². The monoisotopic (exact) mass is 305 g/mol. The molecule has 0 spiro atoms. The molecule has 0 radical (unpaired) electrons. The number of carbonyl (C=O) groups excluding carboxylic acids is 2. The van der Waals surface area contributed by atoms with E-state index in [2.05, 4.69) is 0 Å². The van der Waals surface area contributed by atoms with Gasteiger partial charge in [0.15, 0.2) is 0 Å². The Hall–Kier alpha value is -2.04. The number of nitrogens with zero attached hydrogens (tertiary/aromatic N) is 1. The minimum Gasteiger partial charge on any atom is -0.444 e. The highest BCUT2D eigenvalue weighted by Gasteiger charge is 2.24. The van der Waals surface area contributed by atoms with Crippen molar-refractivity contribution in [1.29, 1.82) is 0 Å². The Bertz CT molecular complexity index is 548. The van der Waals surface area contributed by atoms with Crippen LogP contribution in [0.25, 0.3) is 0 Å². The number of fused-ring (bicyclic) bond motifs is 1. The molecule has 1 aliphatic heterocycles. The lowest BCUT2D eigenvalue weighted by molar-refractivity contribution is -0.134. The van der Waals surface area contributed by atoms with Gasteiger partial charge in [0.1, 0.15) is 11.4 Å². The van der Waals surface area contributed by atoms with Gasteiger partial charge in [0.2, 0.25) is 0 Å². The van der Waals surface area contributed by atoms with Gasteiger partial charge in [-0.2, -0.15) is 0 Å². The van der Waals surface area contributed by atoms with Crippen LogP contribution < -0.4 is 4.74 Å². The molecule has 120 valence electrons. The largest absolute Gasteiger partial charge is 0.444 e. The summed E-state index contributed by atoms with van der Waals surface area (Å²) in [5, 5.41) is 0. The van der Waals surface area contributed by atoms with E-state index in [0.29, 0.717) is 31.7 Å². The fraction of sp³-hybridized carbons (Fsp3) is 0.529. The Morgan fingerprint density at radius 2 is 1.95 bits per heavy atom. The highest BCUT2D eigenvalue weighted by molar-refractivity contribution is 5.73. The van der Waals surface area contributed by atoms with Gasteiger partial charge in [0.25, 0.3) is 0 Å². The molecule has 0 saturated heterocycles. The minimum absolute atomic E-state index is 0.224. The first-order valence-electron chi connectivity index (χ1n) is 7.62. The fourth-order valence-corrected chi connectivity index (χ4v) is 2.25. The van der Waals surface area contributed by atoms with Crippen molar-refractivity contribution in [1.82, 2.24) is 4.90 Å². The lowest BCUT2D eigenvalue weighted by Gasteiger charge is -2.28. The summed E-state index contributed by atoms with van der Waals surface area (Å²) in [5.41, 5.74) is 0.280. The van der Waals surface area contributed by atoms with Crippen LogP contribution in [0.4, 0.5) is 4.79 Å². The van der Waals surface area contributed by atoms with Crippen LogP contribution in [0.15, 0.2) is 24.3 Å². The van der Waals surface area contributed by atoms with Gasteiger partial charge in [0, 0.05) is 18.5 Å². The van der Waals surface area contributed by atoms with Crippen molar-refractivity contribution in [3.05, 3.63) is 29.8 Å². The van der Waals surface area contributed by atoms with Crippen molar-refractivity contribution in [2.24, 2.45) is 0 Å². The Balaban J connectivity index is 2.21.